The topological polar surface area (TPSA) is 85.9 Å². The second-order valence-electron chi connectivity index (χ2n) is 6.11. The van der Waals surface area contributed by atoms with Crippen LogP contribution in [0.25, 0.3) is 0 Å². The predicted octanol–water partition coefficient (Wildman–Crippen LogP) is 2.19. The third kappa shape index (κ3) is 3.96. The molecule has 1 amide bonds. The van der Waals surface area contributed by atoms with Gasteiger partial charge in [0, 0.05) is 18.8 Å². The average Bonchev–Trinajstić information content (AvgIpc) is 3.24. The molecule has 6 nitrogen and oxygen atoms in total. The largest absolute Gasteiger partial charge is 0.550 e. The second kappa shape index (κ2) is 7.34. The van der Waals surface area contributed by atoms with E-state index in [1.165, 1.54) is 5.01 Å². The number of furan rings is 1. The Morgan fingerprint density at radius 3 is 2.64 bits per heavy atom. The van der Waals surface area contributed by atoms with Crippen LogP contribution >= 0.6 is 0 Å². The van der Waals surface area contributed by atoms with Gasteiger partial charge in [0.15, 0.2) is 0 Å². The van der Waals surface area contributed by atoms with Crippen molar-refractivity contribution in [2.75, 3.05) is 0 Å². The molecular formula is C19H19N2O4-. The lowest BCUT2D eigenvalue weighted by Gasteiger charge is -2.19. The zero-order chi connectivity index (χ0) is 17.8. The number of aryl methyl sites for hydroxylation is 1. The lowest BCUT2D eigenvalue weighted by atomic mass is 10.0. The smallest absolute Gasteiger partial charge is 0.243 e. The third-order valence-electron chi connectivity index (χ3n) is 4.19. The normalized spacial score (nSPS) is 16.8. The van der Waals surface area contributed by atoms with Gasteiger partial charge in [0.25, 0.3) is 0 Å². The van der Waals surface area contributed by atoms with Gasteiger partial charge in [-0.15, -0.1) is 0 Å². The highest BCUT2D eigenvalue weighted by molar-refractivity contribution is 6.03. The molecule has 0 saturated heterocycles. The Hall–Kier alpha value is -2.89. The van der Waals surface area contributed by atoms with Crippen molar-refractivity contribution in [2.24, 2.45) is 5.10 Å². The van der Waals surface area contributed by atoms with Gasteiger partial charge in [0.1, 0.15) is 11.8 Å². The van der Waals surface area contributed by atoms with Gasteiger partial charge in [-0.05, 0) is 37.5 Å². The van der Waals surface area contributed by atoms with E-state index in [1.807, 2.05) is 37.3 Å². The fraction of sp³-hybridized carbons (Fsp3) is 0.316. The van der Waals surface area contributed by atoms with Crippen LogP contribution in [-0.4, -0.2) is 22.6 Å². The van der Waals surface area contributed by atoms with E-state index in [0.29, 0.717) is 12.2 Å². The summed E-state index contributed by atoms with van der Waals surface area (Å²) in [7, 11) is 0. The van der Waals surface area contributed by atoms with E-state index in [0.717, 1.165) is 16.8 Å². The van der Waals surface area contributed by atoms with Crippen LogP contribution < -0.4 is 5.11 Å². The van der Waals surface area contributed by atoms with Crippen molar-refractivity contribution in [3.63, 3.8) is 0 Å². The Labute approximate surface area is 145 Å². The highest BCUT2D eigenvalue weighted by Crippen LogP contribution is 2.33. The highest BCUT2D eigenvalue weighted by atomic mass is 16.4. The van der Waals surface area contributed by atoms with Crippen molar-refractivity contribution < 1.29 is 19.1 Å². The maximum atomic E-state index is 12.5. The minimum Gasteiger partial charge on any atom is -0.550 e. The summed E-state index contributed by atoms with van der Waals surface area (Å²) in [4.78, 5) is 23.1. The van der Waals surface area contributed by atoms with Crippen molar-refractivity contribution >= 4 is 17.6 Å². The van der Waals surface area contributed by atoms with Crippen LogP contribution in [0.5, 0.6) is 0 Å². The van der Waals surface area contributed by atoms with E-state index in [2.05, 4.69) is 5.10 Å². The number of nitrogens with zero attached hydrogens (tertiary/aromatic N) is 2. The number of carbonyl (C=O) groups is 2. The number of carbonyl (C=O) groups excluding carboxylic acids is 2. The Kier molecular flexibility index (Phi) is 4.97. The lowest BCUT2D eigenvalue weighted by molar-refractivity contribution is -0.305. The molecule has 0 radical (unpaired) electrons. The summed E-state index contributed by atoms with van der Waals surface area (Å²) in [6.07, 6.45) is 2.33. The molecule has 0 spiro atoms. The van der Waals surface area contributed by atoms with Crippen LogP contribution in [-0.2, 0) is 9.59 Å². The van der Waals surface area contributed by atoms with E-state index in [4.69, 9.17) is 4.42 Å². The molecule has 25 heavy (non-hydrogen) atoms. The van der Waals surface area contributed by atoms with E-state index < -0.39 is 5.97 Å². The molecule has 1 atom stereocenters. The number of benzene rings is 1. The van der Waals surface area contributed by atoms with Crippen LogP contribution in [0.3, 0.4) is 0 Å². The summed E-state index contributed by atoms with van der Waals surface area (Å²) in [5.74, 6) is -0.704. The average molecular weight is 339 g/mol. The zero-order valence-corrected chi connectivity index (χ0v) is 14.0. The quantitative estimate of drug-likeness (QED) is 0.807. The van der Waals surface area contributed by atoms with E-state index >= 15 is 0 Å². The minimum atomic E-state index is -1.15. The SMILES string of the molecule is Cc1ccc(C2=NN(C(=O)CCCC(=O)[O-])[C@H](c3ccco3)C2)cc1. The molecule has 6 heteroatoms. The molecule has 130 valence electrons. The summed E-state index contributed by atoms with van der Waals surface area (Å²) < 4.78 is 5.47. The number of hydrogen-bond acceptors (Lipinski definition) is 5. The molecule has 2 heterocycles. The Balaban J connectivity index is 1.80. The van der Waals surface area contributed by atoms with Crippen LogP contribution in [0.2, 0.25) is 0 Å². The van der Waals surface area contributed by atoms with Gasteiger partial charge < -0.3 is 14.3 Å². The number of rotatable bonds is 6. The molecule has 1 aromatic heterocycles. The van der Waals surface area contributed by atoms with Crippen molar-refractivity contribution in [3.8, 4) is 0 Å². The summed E-state index contributed by atoms with van der Waals surface area (Å²) in [5, 5.41) is 16.5. The van der Waals surface area contributed by atoms with Gasteiger partial charge in [0.2, 0.25) is 5.91 Å². The van der Waals surface area contributed by atoms with Crippen LogP contribution in [0, 0.1) is 6.92 Å². The van der Waals surface area contributed by atoms with E-state index in [-0.39, 0.29) is 31.2 Å². The van der Waals surface area contributed by atoms with Crippen molar-refractivity contribution in [1.29, 1.82) is 0 Å². The van der Waals surface area contributed by atoms with E-state index in [1.54, 1.807) is 12.3 Å². The summed E-state index contributed by atoms with van der Waals surface area (Å²) in [6, 6.07) is 11.3. The first-order valence-corrected chi connectivity index (χ1v) is 8.24. The number of amides is 1. The van der Waals surface area contributed by atoms with Crippen LogP contribution in [0.4, 0.5) is 0 Å². The number of carboxylic acid groups (broad SMARTS) is 1. The molecule has 3 rings (SSSR count). The molecule has 0 unspecified atom stereocenters. The van der Waals surface area contributed by atoms with E-state index in [9.17, 15) is 14.7 Å². The standard InChI is InChI=1S/C19H20N2O4/c1-13-7-9-14(10-8-13)15-12-16(17-4-3-11-25-17)21(20-15)18(22)5-2-6-19(23)24/h3-4,7-11,16H,2,5-6,12H2,1H3,(H,23,24)/p-1/t16-/m0/s1. The Morgan fingerprint density at radius 2 is 2.00 bits per heavy atom. The first-order chi connectivity index (χ1) is 12.0. The zero-order valence-electron chi connectivity index (χ0n) is 14.0. The van der Waals surface area contributed by atoms with Gasteiger partial charge in [0.05, 0.1) is 12.0 Å². The van der Waals surface area contributed by atoms with Gasteiger partial charge in [-0.3, -0.25) is 4.79 Å². The minimum absolute atomic E-state index is 0.107. The Bertz CT molecular complexity index is 778. The summed E-state index contributed by atoms with van der Waals surface area (Å²) in [6.45, 7) is 2.01. The monoisotopic (exact) mass is 339 g/mol. The predicted molar refractivity (Wildman–Crippen MR) is 89.5 cm³/mol. The molecule has 0 saturated carbocycles. The molecule has 1 aromatic carbocycles. The molecular weight excluding hydrogens is 320 g/mol. The molecule has 0 N–H and O–H groups in total. The molecule has 1 aliphatic heterocycles. The molecule has 2 aromatic rings. The number of carboxylic acids is 1. The maximum absolute atomic E-state index is 12.5. The number of aliphatic carboxylic acids is 1. The fourth-order valence-corrected chi connectivity index (χ4v) is 2.86. The summed E-state index contributed by atoms with van der Waals surface area (Å²) >= 11 is 0. The van der Waals surface area contributed by atoms with Crippen molar-refractivity contribution in [3.05, 3.63) is 59.5 Å². The second-order valence-corrected chi connectivity index (χ2v) is 6.11. The van der Waals surface area contributed by atoms with Crippen LogP contribution in [0.1, 0.15) is 48.6 Å². The molecule has 0 bridgehead atoms. The lowest BCUT2D eigenvalue weighted by Crippen LogP contribution is -2.27. The summed E-state index contributed by atoms with van der Waals surface area (Å²) in [5.41, 5.74) is 2.93. The fourth-order valence-electron chi connectivity index (χ4n) is 2.86. The van der Waals surface area contributed by atoms with Crippen molar-refractivity contribution in [2.45, 2.75) is 38.6 Å². The first kappa shape index (κ1) is 17.0. The third-order valence-corrected chi connectivity index (χ3v) is 4.19. The van der Waals surface area contributed by atoms with Crippen molar-refractivity contribution in [1.82, 2.24) is 5.01 Å². The van der Waals surface area contributed by atoms with Gasteiger partial charge in [-0.1, -0.05) is 29.8 Å². The van der Waals surface area contributed by atoms with Gasteiger partial charge in [-0.2, -0.15) is 5.10 Å². The number of hydrazone groups is 1. The molecule has 0 fully saturated rings. The molecule has 1 aliphatic rings. The van der Waals surface area contributed by atoms with Gasteiger partial charge >= 0.3 is 0 Å². The first-order valence-electron chi connectivity index (χ1n) is 8.24. The highest BCUT2D eigenvalue weighted by Gasteiger charge is 2.34. The Morgan fingerprint density at radius 1 is 1.24 bits per heavy atom. The maximum Gasteiger partial charge on any atom is 0.243 e. The van der Waals surface area contributed by atoms with Gasteiger partial charge in [-0.25, -0.2) is 5.01 Å². The number of hydrogen-bond donors (Lipinski definition) is 0. The van der Waals surface area contributed by atoms with Crippen LogP contribution in [0.15, 0.2) is 52.2 Å². The molecule has 0 aliphatic carbocycles.